The van der Waals surface area contributed by atoms with E-state index in [-0.39, 0.29) is 12.0 Å². The van der Waals surface area contributed by atoms with Gasteiger partial charge in [-0.1, -0.05) is 29.3 Å². The number of nitrogens with zero attached hydrogens (tertiary/aromatic N) is 1. The van der Waals surface area contributed by atoms with Crippen LogP contribution in [-0.4, -0.2) is 43.2 Å². The summed E-state index contributed by atoms with van der Waals surface area (Å²) in [5.41, 5.74) is 0.470. The number of morpholine rings is 1. The quantitative estimate of drug-likeness (QED) is 0.933. The second-order valence-electron chi connectivity index (χ2n) is 4.56. The topological polar surface area (TPSA) is 41.6 Å². The molecule has 1 fully saturated rings. The van der Waals surface area contributed by atoms with Crippen LogP contribution in [0.15, 0.2) is 18.2 Å². The molecule has 1 amide bonds. The highest BCUT2D eigenvalue weighted by Gasteiger charge is 2.19. The largest absolute Gasteiger partial charge is 0.376 e. The minimum atomic E-state index is -0.121. The molecule has 1 heterocycles. The number of ether oxygens (including phenoxy) is 1. The molecule has 0 saturated carbocycles. The number of carbonyl (C=O) groups excluding carboxylic acids is 1. The van der Waals surface area contributed by atoms with E-state index in [1.54, 1.807) is 18.2 Å². The molecule has 4 nitrogen and oxygen atoms in total. The Labute approximate surface area is 122 Å². The number of para-hydroxylation sites is 1. The van der Waals surface area contributed by atoms with Crippen molar-refractivity contribution < 1.29 is 9.53 Å². The number of carbonyl (C=O) groups is 1. The normalized spacial score (nSPS) is 20.3. The van der Waals surface area contributed by atoms with E-state index in [0.29, 0.717) is 28.9 Å². The van der Waals surface area contributed by atoms with Crippen LogP contribution >= 0.6 is 23.2 Å². The summed E-state index contributed by atoms with van der Waals surface area (Å²) in [4.78, 5) is 14.0. The number of anilines is 1. The summed E-state index contributed by atoms with van der Waals surface area (Å²) in [5.74, 6) is -0.121. The molecule has 2 rings (SSSR count). The summed E-state index contributed by atoms with van der Waals surface area (Å²) in [6.45, 7) is 4.48. The first-order chi connectivity index (χ1) is 9.06. The van der Waals surface area contributed by atoms with Crippen molar-refractivity contribution in [1.29, 1.82) is 0 Å². The molecule has 1 aliphatic heterocycles. The lowest BCUT2D eigenvalue weighted by Gasteiger charge is -2.30. The first kappa shape index (κ1) is 14.6. The standard InChI is InChI=1S/C13H16Cl2N2O2/c1-9-7-17(5-6-19-9)8-12(18)16-13-10(14)3-2-4-11(13)15/h2-4,9H,5-8H2,1H3,(H,16,18)/t9-/m1/s1. The molecule has 104 valence electrons. The van der Waals surface area contributed by atoms with Crippen molar-refractivity contribution in [3.05, 3.63) is 28.2 Å². The van der Waals surface area contributed by atoms with Gasteiger partial charge in [0.1, 0.15) is 0 Å². The van der Waals surface area contributed by atoms with Crippen LogP contribution in [0.3, 0.4) is 0 Å². The number of rotatable bonds is 3. The average Bonchev–Trinajstić information content (AvgIpc) is 2.34. The van der Waals surface area contributed by atoms with Gasteiger partial charge in [0.25, 0.3) is 0 Å². The molecule has 1 saturated heterocycles. The van der Waals surface area contributed by atoms with Crippen LogP contribution < -0.4 is 5.32 Å². The van der Waals surface area contributed by atoms with Crippen molar-refractivity contribution in [3.63, 3.8) is 0 Å². The van der Waals surface area contributed by atoms with E-state index in [9.17, 15) is 4.79 Å². The molecule has 0 unspecified atom stereocenters. The highest BCUT2D eigenvalue weighted by atomic mass is 35.5. The average molecular weight is 303 g/mol. The summed E-state index contributed by atoms with van der Waals surface area (Å²) in [7, 11) is 0. The van der Waals surface area contributed by atoms with E-state index in [1.807, 2.05) is 11.8 Å². The van der Waals surface area contributed by atoms with Gasteiger partial charge in [0.15, 0.2) is 0 Å². The highest BCUT2D eigenvalue weighted by molar-refractivity contribution is 6.39. The van der Waals surface area contributed by atoms with Gasteiger partial charge in [0.05, 0.1) is 35.0 Å². The van der Waals surface area contributed by atoms with E-state index in [2.05, 4.69) is 5.32 Å². The Balaban J connectivity index is 1.94. The third-order valence-corrected chi connectivity index (χ3v) is 3.55. The van der Waals surface area contributed by atoms with Gasteiger partial charge in [-0.25, -0.2) is 0 Å². The Hall–Kier alpha value is -0.810. The number of nitrogens with one attached hydrogen (secondary N) is 1. The molecule has 0 radical (unpaired) electrons. The van der Waals surface area contributed by atoms with Gasteiger partial charge in [-0.05, 0) is 19.1 Å². The smallest absolute Gasteiger partial charge is 0.238 e. The van der Waals surface area contributed by atoms with Crippen LogP contribution in [-0.2, 0) is 9.53 Å². The van der Waals surface area contributed by atoms with Crippen molar-refractivity contribution in [2.45, 2.75) is 13.0 Å². The van der Waals surface area contributed by atoms with E-state index in [4.69, 9.17) is 27.9 Å². The summed E-state index contributed by atoms with van der Waals surface area (Å²) in [6.07, 6.45) is 0.158. The van der Waals surface area contributed by atoms with Gasteiger partial charge < -0.3 is 10.1 Å². The number of hydrogen-bond donors (Lipinski definition) is 1. The Morgan fingerprint density at radius 1 is 1.47 bits per heavy atom. The maximum Gasteiger partial charge on any atom is 0.238 e. The van der Waals surface area contributed by atoms with Gasteiger partial charge in [-0.15, -0.1) is 0 Å². The minimum Gasteiger partial charge on any atom is -0.376 e. The number of halogens is 2. The van der Waals surface area contributed by atoms with Gasteiger partial charge in [-0.3, -0.25) is 9.69 Å². The second-order valence-corrected chi connectivity index (χ2v) is 5.38. The van der Waals surface area contributed by atoms with Gasteiger partial charge in [0.2, 0.25) is 5.91 Å². The van der Waals surface area contributed by atoms with Gasteiger partial charge in [-0.2, -0.15) is 0 Å². The molecule has 1 aromatic rings. The molecule has 1 atom stereocenters. The first-order valence-corrected chi connectivity index (χ1v) is 6.89. The Morgan fingerprint density at radius 3 is 2.79 bits per heavy atom. The fourth-order valence-corrected chi connectivity index (χ4v) is 2.53. The molecular formula is C13H16Cl2N2O2. The van der Waals surface area contributed by atoms with E-state index >= 15 is 0 Å². The predicted octanol–water partition coefficient (Wildman–Crippen LogP) is 2.65. The van der Waals surface area contributed by atoms with Gasteiger partial charge >= 0.3 is 0 Å². The first-order valence-electron chi connectivity index (χ1n) is 6.14. The lowest BCUT2D eigenvalue weighted by molar-refractivity contribution is -0.119. The van der Waals surface area contributed by atoms with Crippen LogP contribution in [0.4, 0.5) is 5.69 Å². The maximum absolute atomic E-state index is 12.0. The summed E-state index contributed by atoms with van der Waals surface area (Å²) in [5, 5.41) is 3.64. The Bertz CT molecular complexity index is 448. The van der Waals surface area contributed by atoms with Crippen molar-refractivity contribution >= 4 is 34.8 Å². The van der Waals surface area contributed by atoms with Crippen molar-refractivity contribution in [3.8, 4) is 0 Å². The van der Waals surface area contributed by atoms with E-state index in [1.165, 1.54) is 0 Å². The fraction of sp³-hybridized carbons (Fsp3) is 0.462. The zero-order chi connectivity index (χ0) is 13.8. The maximum atomic E-state index is 12.0. The molecule has 19 heavy (non-hydrogen) atoms. The molecule has 6 heteroatoms. The number of amides is 1. The Morgan fingerprint density at radius 2 is 2.16 bits per heavy atom. The van der Waals surface area contributed by atoms with Crippen LogP contribution in [0, 0.1) is 0 Å². The summed E-state index contributed by atoms with van der Waals surface area (Å²) >= 11 is 12.0. The van der Waals surface area contributed by atoms with E-state index < -0.39 is 0 Å². The lowest BCUT2D eigenvalue weighted by Crippen LogP contribution is -2.44. The summed E-state index contributed by atoms with van der Waals surface area (Å²) in [6, 6.07) is 5.13. The molecule has 1 N–H and O–H groups in total. The van der Waals surface area contributed by atoms with Crippen LogP contribution in [0.5, 0.6) is 0 Å². The molecule has 0 spiro atoms. The molecule has 0 aliphatic carbocycles. The van der Waals surface area contributed by atoms with Crippen LogP contribution in [0.1, 0.15) is 6.92 Å². The second kappa shape index (κ2) is 6.57. The SMILES string of the molecule is C[C@@H]1CN(CC(=O)Nc2c(Cl)cccc2Cl)CCO1. The lowest BCUT2D eigenvalue weighted by atomic mass is 10.3. The zero-order valence-corrected chi connectivity index (χ0v) is 12.2. The third kappa shape index (κ3) is 4.08. The molecular weight excluding hydrogens is 287 g/mol. The van der Waals surface area contributed by atoms with Gasteiger partial charge in [0, 0.05) is 13.1 Å². The van der Waals surface area contributed by atoms with Crippen molar-refractivity contribution in [1.82, 2.24) is 4.90 Å². The van der Waals surface area contributed by atoms with E-state index in [0.717, 1.165) is 13.1 Å². The van der Waals surface area contributed by atoms with Crippen LogP contribution in [0.2, 0.25) is 10.0 Å². The predicted molar refractivity (Wildman–Crippen MR) is 76.9 cm³/mol. The number of benzene rings is 1. The van der Waals surface area contributed by atoms with Crippen molar-refractivity contribution in [2.24, 2.45) is 0 Å². The minimum absolute atomic E-state index is 0.121. The fourth-order valence-electron chi connectivity index (χ4n) is 2.03. The molecule has 0 bridgehead atoms. The molecule has 1 aromatic carbocycles. The Kier molecular flexibility index (Phi) is 5.05. The molecule has 1 aliphatic rings. The zero-order valence-electron chi connectivity index (χ0n) is 10.7. The number of hydrogen-bond acceptors (Lipinski definition) is 3. The van der Waals surface area contributed by atoms with Crippen LogP contribution in [0.25, 0.3) is 0 Å². The summed E-state index contributed by atoms with van der Waals surface area (Å²) < 4.78 is 5.43. The monoisotopic (exact) mass is 302 g/mol. The molecule has 0 aromatic heterocycles. The third-order valence-electron chi connectivity index (χ3n) is 2.92. The highest BCUT2D eigenvalue weighted by Crippen LogP contribution is 2.29. The van der Waals surface area contributed by atoms with Crippen molar-refractivity contribution in [2.75, 3.05) is 31.6 Å².